The molecule has 11 heteroatoms. The minimum absolute atomic E-state index is 0.241. The van der Waals surface area contributed by atoms with Crippen LogP contribution in [0.1, 0.15) is 18.6 Å². The number of ether oxygens (including phenoxy) is 3. The number of rotatable bonds is 5. The minimum atomic E-state index is -4.31. The maximum atomic E-state index is 13.2. The van der Waals surface area contributed by atoms with Gasteiger partial charge in [0.1, 0.15) is 5.75 Å². The van der Waals surface area contributed by atoms with Crippen LogP contribution < -0.4 is 15.2 Å². The summed E-state index contributed by atoms with van der Waals surface area (Å²) >= 11 is 0. The number of Topliss-reactive ketones (excluding diaryl/α,β-unsaturated/α-hetero) is 1. The zero-order valence-corrected chi connectivity index (χ0v) is 15.2. The Morgan fingerprint density at radius 1 is 1.14 bits per heavy atom. The van der Waals surface area contributed by atoms with Crippen molar-refractivity contribution in [2.75, 3.05) is 0 Å². The van der Waals surface area contributed by atoms with Crippen LogP contribution in [-0.4, -0.2) is 20.5 Å². The summed E-state index contributed by atoms with van der Waals surface area (Å²) in [5.41, 5.74) is 5.75. The van der Waals surface area contributed by atoms with Gasteiger partial charge in [0, 0.05) is 5.56 Å². The normalized spacial score (nSPS) is 23.0. The lowest BCUT2D eigenvalue weighted by Gasteiger charge is -2.10. The van der Waals surface area contributed by atoms with Gasteiger partial charge < -0.3 is 24.1 Å². The van der Waals surface area contributed by atoms with E-state index in [2.05, 4.69) is 9.47 Å². The molecule has 0 fully saturated rings. The second-order valence-corrected chi connectivity index (χ2v) is 7.62. The monoisotopic (exact) mass is 426 g/mol. The molecule has 0 aliphatic carbocycles. The van der Waals surface area contributed by atoms with Gasteiger partial charge in [-0.2, -0.15) is 8.42 Å². The Hall–Kier alpha value is -3.34. The van der Waals surface area contributed by atoms with Crippen molar-refractivity contribution >= 4 is 15.9 Å². The van der Waals surface area contributed by atoms with Crippen molar-refractivity contribution in [3.63, 3.8) is 0 Å². The topological polar surface area (TPSA) is 114 Å². The number of fused-ring (bicyclic) bond motifs is 1. The quantitative estimate of drug-likeness (QED) is 0.725. The number of alkyl halides is 2. The summed E-state index contributed by atoms with van der Waals surface area (Å²) in [4.78, 5) is 12.7. The van der Waals surface area contributed by atoms with Gasteiger partial charge in [0.05, 0.1) is 1.37 Å². The number of ketones is 1. The summed E-state index contributed by atoms with van der Waals surface area (Å²) in [5, 5.41) is 0. The molecule has 2 N–H and O–H groups in total. The van der Waals surface area contributed by atoms with Crippen LogP contribution in [-0.2, 0) is 29.6 Å². The van der Waals surface area contributed by atoms with Gasteiger partial charge in [0.25, 0.3) is 0 Å². The van der Waals surface area contributed by atoms with E-state index in [0.29, 0.717) is 5.56 Å². The van der Waals surface area contributed by atoms with Gasteiger partial charge in [-0.05, 0) is 17.7 Å². The Balaban J connectivity index is 1.58. The van der Waals surface area contributed by atoms with Gasteiger partial charge in [-0.25, -0.2) is 0 Å². The molecule has 0 aromatic heterocycles. The summed E-state index contributed by atoms with van der Waals surface area (Å²) < 4.78 is 77.8. The first-order chi connectivity index (χ1) is 14.0. The van der Waals surface area contributed by atoms with E-state index in [0.717, 1.165) is 18.2 Å². The van der Waals surface area contributed by atoms with Gasteiger partial charge in [-0.3, -0.25) is 4.79 Å². The molecule has 2 aromatic rings. The third-order valence-electron chi connectivity index (χ3n) is 3.91. The van der Waals surface area contributed by atoms with Crippen LogP contribution in [0.25, 0.3) is 0 Å². The third kappa shape index (κ3) is 3.81. The molecule has 0 radical (unpaired) electrons. The second kappa shape index (κ2) is 6.62. The van der Waals surface area contributed by atoms with Crippen molar-refractivity contribution in [3.05, 3.63) is 71.3 Å². The first kappa shape index (κ1) is 17.7. The highest BCUT2D eigenvalue weighted by molar-refractivity contribution is 7.86. The molecule has 29 heavy (non-hydrogen) atoms. The SMILES string of the molecule is [2H]C1(c2ccc3c(c2)OC(F)(F)O3)OC(N)=C(OS(=O)(=O)Cc2ccccc2)C1=O. The molecular formula is C18H13F2NO7S. The van der Waals surface area contributed by atoms with Crippen molar-refractivity contribution in [1.29, 1.82) is 0 Å². The molecule has 1 atom stereocenters. The van der Waals surface area contributed by atoms with Crippen molar-refractivity contribution in [2.24, 2.45) is 5.73 Å². The highest BCUT2D eigenvalue weighted by Gasteiger charge is 2.45. The number of benzene rings is 2. The fourth-order valence-corrected chi connectivity index (χ4v) is 3.78. The molecule has 8 nitrogen and oxygen atoms in total. The lowest BCUT2D eigenvalue weighted by atomic mass is 10.1. The van der Waals surface area contributed by atoms with Gasteiger partial charge in [-0.15, -0.1) is 8.78 Å². The highest BCUT2D eigenvalue weighted by atomic mass is 32.2. The zero-order valence-electron chi connectivity index (χ0n) is 15.4. The molecule has 152 valence electrons. The molecule has 2 heterocycles. The van der Waals surface area contributed by atoms with E-state index >= 15 is 0 Å². The minimum Gasteiger partial charge on any atom is -0.460 e. The van der Waals surface area contributed by atoms with E-state index in [1.165, 1.54) is 0 Å². The van der Waals surface area contributed by atoms with Crippen LogP contribution in [0.3, 0.4) is 0 Å². The summed E-state index contributed by atoms with van der Waals surface area (Å²) in [6.07, 6.45) is -6.45. The lowest BCUT2D eigenvalue weighted by molar-refractivity contribution is -0.286. The fourth-order valence-electron chi connectivity index (χ4n) is 2.71. The van der Waals surface area contributed by atoms with E-state index in [1.54, 1.807) is 30.3 Å². The average molecular weight is 426 g/mol. The van der Waals surface area contributed by atoms with Crippen LogP contribution in [0.5, 0.6) is 11.5 Å². The predicted octanol–water partition coefficient (Wildman–Crippen LogP) is 2.32. The maximum absolute atomic E-state index is 13.2. The van der Waals surface area contributed by atoms with Crippen LogP contribution >= 0.6 is 0 Å². The molecule has 0 spiro atoms. The second-order valence-electron chi connectivity index (χ2n) is 6.05. The van der Waals surface area contributed by atoms with Crippen LogP contribution in [0, 0.1) is 0 Å². The van der Waals surface area contributed by atoms with E-state index in [-0.39, 0.29) is 11.3 Å². The average Bonchev–Trinajstić information content (AvgIpc) is 3.08. The van der Waals surface area contributed by atoms with Crippen LogP contribution in [0.15, 0.2) is 60.2 Å². The molecule has 1 unspecified atom stereocenters. The van der Waals surface area contributed by atoms with Crippen LogP contribution in [0.4, 0.5) is 8.78 Å². The molecule has 0 bridgehead atoms. The van der Waals surface area contributed by atoms with Crippen molar-refractivity contribution < 1.29 is 41.8 Å². The molecular weight excluding hydrogens is 412 g/mol. The van der Waals surface area contributed by atoms with E-state index in [9.17, 15) is 22.0 Å². The molecule has 4 rings (SSSR count). The van der Waals surface area contributed by atoms with E-state index in [4.69, 9.17) is 16.0 Å². The smallest absolute Gasteiger partial charge is 0.460 e. The predicted molar refractivity (Wildman–Crippen MR) is 92.8 cm³/mol. The first-order valence-corrected chi connectivity index (χ1v) is 9.67. The molecule has 2 aromatic carbocycles. The standard InChI is InChI=1S/C18H13F2NO7S/c19-18(20)26-12-7-6-11(8-13(12)27-18)15-14(22)16(17(21)25-15)28-29(23,24)9-10-4-2-1-3-5-10/h1-8,15H,9,21H2/i15D. The summed E-state index contributed by atoms with van der Waals surface area (Å²) in [6, 6.07) is 11.1. The Bertz CT molecular complexity index is 1170. The Labute approximate surface area is 165 Å². The number of halogens is 2. The molecule has 2 aliphatic heterocycles. The van der Waals surface area contributed by atoms with Gasteiger partial charge in [0.15, 0.2) is 17.6 Å². The van der Waals surface area contributed by atoms with Gasteiger partial charge >= 0.3 is 16.4 Å². The molecule has 0 saturated carbocycles. The largest absolute Gasteiger partial charge is 0.586 e. The first-order valence-electron chi connectivity index (χ1n) is 8.59. The summed E-state index contributed by atoms with van der Waals surface area (Å²) in [6.45, 7) is 0. The van der Waals surface area contributed by atoms with E-state index < -0.39 is 51.4 Å². The maximum Gasteiger partial charge on any atom is 0.586 e. The number of carbonyl (C=O) groups excluding carboxylic acids is 1. The van der Waals surface area contributed by atoms with Crippen molar-refractivity contribution in [3.8, 4) is 11.5 Å². The Morgan fingerprint density at radius 2 is 1.83 bits per heavy atom. The van der Waals surface area contributed by atoms with E-state index in [1.807, 2.05) is 0 Å². The molecule has 0 saturated heterocycles. The van der Waals surface area contributed by atoms with Crippen molar-refractivity contribution in [1.82, 2.24) is 0 Å². The lowest BCUT2D eigenvalue weighted by Crippen LogP contribution is -2.25. The van der Waals surface area contributed by atoms with Crippen molar-refractivity contribution in [2.45, 2.75) is 18.1 Å². The zero-order chi connectivity index (χ0) is 21.7. The molecule has 2 aliphatic rings. The summed E-state index contributed by atoms with van der Waals surface area (Å²) in [5.74, 6) is -4.10. The number of nitrogens with two attached hydrogens (primary N) is 1. The highest BCUT2D eigenvalue weighted by Crippen LogP contribution is 2.43. The summed E-state index contributed by atoms with van der Waals surface area (Å²) in [7, 11) is -4.31. The van der Waals surface area contributed by atoms with Crippen LogP contribution in [0.2, 0.25) is 0 Å². The van der Waals surface area contributed by atoms with Gasteiger partial charge in [-0.1, -0.05) is 36.4 Å². The Morgan fingerprint density at radius 3 is 2.55 bits per heavy atom. The number of hydrogen-bond donors (Lipinski definition) is 1. The molecule has 0 amide bonds. The third-order valence-corrected chi connectivity index (χ3v) is 5.02. The fraction of sp³-hybridized carbons (Fsp3) is 0.167. The van der Waals surface area contributed by atoms with Gasteiger partial charge in [0.2, 0.25) is 17.4 Å². The Kier molecular flexibility index (Phi) is 4.05. The number of hydrogen-bond acceptors (Lipinski definition) is 8. The number of carbonyl (C=O) groups is 1.